The first kappa shape index (κ1) is 14.0. The first-order chi connectivity index (χ1) is 8.99. The number of aldehydes is 1. The van der Waals surface area contributed by atoms with E-state index in [9.17, 15) is 13.6 Å². The quantitative estimate of drug-likeness (QED) is 0.578. The summed E-state index contributed by atoms with van der Waals surface area (Å²) in [4.78, 5) is 10.6. The Morgan fingerprint density at radius 3 is 2.58 bits per heavy atom. The molecule has 2 nitrogen and oxygen atoms in total. The van der Waals surface area contributed by atoms with Crippen LogP contribution in [0.15, 0.2) is 34.8 Å². The molecule has 0 saturated carbocycles. The van der Waals surface area contributed by atoms with Crippen LogP contribution in [0.3, 0.4) is 0 Å². The van der Waals surface area contributed by atoms with Crippen molar-refractivity contribution in [2.45, 2.75) is 0 Å². The van der Waals surface area contributed by atoms with E-state index in [4.69, 9.17) is 16.3 Å². The molecule has 98 valence electrons. The number of hydrogen-bond donors (Lipinski definition) is 0. The van der Waals surface area contributed by atoms with Gasteiger partial charge in [0.25, 0.3) is 0 Å². The van der Waals surface area contributed by atoms with Gasteiger partial charge in [0.05, 0.1) is 9.50 Å². The molecular weight excluding hydrogens is 341 g/mol. The number of benzene rings is 2. The van der Waals surface area contributed by atoms with Crippen LogP contribution in [0.5, 0.6) is 11.5 Å². The zero-order valence-electron chi connectivity index (χ0n) is 9.29. The van der Waals surface area contributed by atoms with E-state index in [2.05, 4.69) is 15.9 Å². The van der Waals surface area contributed by atoms with Crippen molar-refractivity contribution in [3.8, 4) is 11.5 Å². The topological polar surface area (TPSA) is 26.3 Å². The molecule has 0 N–H and O–H groups in total. The van der Waals surface area contributed by atoms with Gasteiger partial charge < -0.3 is 4.74 Å². The smallest absolute Gasteiger partial charge is 0.150 e. The molecule has 2 rings (SSSR count). The fraction of sp³-hybridized carbons (Fsp3) is 0. The maximum Gasteiger partial charge on any atom is 0.150 e. The molecule has 0 bridgehead atoms. The summed E-state index contributed by atoms with van der Waals surface area (Å²) in [7, 11) is 0. The molecule has 0 amide bonds. The highest BCUT2D eigenvalue weighted by Crippen LogP contribution is 2.34. The molecule has 2 aromatic rings. The largest absolute Gasteiger partial charge is 0.456 e. The Bertz CT molecular complexity index is 647. The van der Waals surface area contributed by atoms with Gasteiger partial charge in [0.15, 0.2) is 0 Å². The fourth-order valence-corrected chi connectivity index (χ4v) is 2.14. The van der Waals surface area contributed by atoms with E-state index < -0.39 is 11.6 Å². The number of carbonyl (C=O) groups is 1. The summed E-state index contributed by atoms with van der Waals surface area (Å²) in [6.45, 7) is 0. The van der Waals surface area contributed by atoms with Crippen molar-refractivity contribution in [1.29, 1.82) is 0 Å². The van der Waals surface area contributed by atoms with Crippen LogP contribution in [0.2, 0.25) is 5.02 Å². The number of halogens is 4. The minimum absolute atomic E-state index is 0.0629. The first-order valence-corrected chi connectivity index (χ1v) is 6.25. The zero-order chi connectivity index (χ0) is 14.0. The molecule has 2 aromatic carbocycles. The van der Waals surface area contributed by atoms with E-state index in [1.807, 2.05) is 0 Å². The molecule has 0 aliphatic carbocycles. The predicted molar refractivity (Wildman–Crippen MR) is 71.0 cm³/mol. The van der Waals surface area contributed by atoms with Crippen molar-refractivity contribution in [3.63, 3.8) is 0 Å². The van der Waals surface area contributed by atoms with Gasteiger partial charge in [-0.05, 0) is 34.1 Å². The Hall–Kier alpha value is -1.46. The molecule has 0 radical (unpaired) electrons. The summed E-state index contributed by atoms with van der Waals surface area (Å²) in [6, 6.07) is 5.89. The zero-order valence-corrected chi connectivity index (χ0v) is 11.6. The van der Waals surface area contributed by atoms with Crippen LogP contribution in [-0.2, 0) is 0 Å². The molecule has 0 atom stereocenters. The Labute approximate surface area is 121 Å². The summed E-state index contributed by atoms with van der Waals surface area (Å²) in [5, 5.41) is -0.0629. The maximum atomic E-state index is 13.3. The second kappa shape index (κ2) is 5.67. The normalized spacial score (nSPS) is 10.3. The summed E-state index contributed by atoms with van der Waals surface area (Å²) in [5.41, 5.74) is 0.126. The minimum atomic E-state index is -0.660. The van der Waals surface area contributed by atoms with E-state index >= 15 is 0 Å². The highest BCUT2D eigenvalue weighted by molar-refractivity contribution is 9.10. The minimum Gasteiger partial charge on any atom is -0.456 e. The second-order valence-electron chi connectivity index (χ2n) is 3.64. The molecule has 0 heterocycles. The Morgan fingerprint density at radius 2 is 1.89 bits per heavy atom. The van der Waals surface area contributed by atoms with Gasteiger partial charge >= 0.3 is 0 Å². The van der Waals surface area contributed by atoms with Gasteiger partial charge in [0, 0.05) is 17.7 Å². The number of rotatable bonds is 3. The van der Waals surface area contributed by atoms with Gasteiger partial charge in [0.2, 0.25) is 0 Å². The molecule has 0 spiro atoms. The van der Waals surface area contributed by atoms with E-state index in [1.165, 1.54) is 12.1 Å². The fourth-order valence-electron chi connectivity index (χ4n) is 1.42. The van der Waals surface area contributed by atoms with Gasteiger partial charge in [-0.25, -0.2) is 8.78 Å². The third-order valence-electron chi connectivity index (χ3n) is 2.23. The summed E-state index contributed by atoms with van der Waals surface area (Å²) in [6.07, 6.45) is 0.493. The van der Waals surface area contributed by atoms with Crippen molar-refractivity contribution in [2.75, 3.05) is 0 Å². The third kappa shape index (κ3) is 3.30. The van der Waals surface area contributed by atoms with Crippen molar-refractivity contribution in [1.82, 2.24) is 0 Å². The van der Waals surface area contributed by atoms with Crippen LogP contribution in [0, 0.1) is 11.6 Å². The highest BCUT2D eigenvalue weighted by atomic mass is 79.9. The van der Waals surface area contributed by atoms with Gasteiger partial charge in [-0.2, -0.15) is 0 Å². The number of ether oxygens (including phenoxy) is 1. The molecule has 6 heteroatoms. The number of carbonyl (C=O) groups excluding carboxylic acids is 1. The van der Waals surface area contributed by atoms with E-state index in [0.29, 0.717) is 10.8 Å². The van der Waals surface area contributed by atoms with Crippen LogP contribution in [0.25, 0.3) is 0 Å². The maximum absolute atomic E-state index is 13.3. The molecule has 0 unspecified atom stereocenters. The molecule has 0 aliphatic rings. The van der Waals surface area contributed by atoms with Crippen molar-refractivity contribution >= 4 is 33.8 Å². The molecule has 0 aliphatic heterocycles. The van der Waals surface area contributed by atoms with Crippen LogP contribution in [0.4, 0.5) is 8.78 Å². The third-order valence-corrected chi connectivity index (χ3v) is 3.14. The average molecular weight is 348 g/mol. The first-order valence-electron chi connectivity index (χ1n) is 5.08. The van der Waals surface area contributed by atoms with Crippen LogP contribution in [-0.4, -0.2) is 6.29 Å². The van der Waals surface area contributed by atoms with Crippen LogP contribution in [0.1, 0.15) is 10.4 Å². The number of hydrogen-bond acceptors (Lipinski definition) is 2. The van der Waals surface area contributed by atoms with E-state index in [1.54, 1.807) is 0 Å². The lowest BCUT2D eigenvalue weighted by Crippen LogP contribution is -1.91. The SMILES string of the molecule is O=Cc1cc(F)cc(Oc2cc(F)c(Cl)cc2Br)c1. The predicted octanol–water partition coefficient (Wildman–Crippen LogP) is 4.99. The summed E-state index contributed by atoms with van der Waals surface area (Å²) in [5.74, 6) is -1.06. The lowest BCUT2D eigenvalue weighted by atomic mass is 10.2. The monoisotopic (exact) mass is 346 g/mol. The molecular formula is C13H6BrClF2O2. The lowest BCUT2D eigenvalue weighted by molar-refractivity contribution is 0.112. The van der Waals surface area contributed by atoms with Crippen LogP contribution < -0.4 is 4.74 Å². The Kier molecular flexibility index (Phi) is 4.17. The van der Waals surface area contributed by atoms with E-state index in [0.717, 1.165) is 18.2 Å². The average Bonchev–Trinajstić information content (AvgIpc) is 2.35. The Morgan fingerprint density at radius 1 is 1.16 bits per heavy atom. The lowest BCUT2D eigenvalue weighted by Gasteiger charge is -2.09. The standard InChI is InChI=1S/C13H6BrClF2O2/c14-10-4-11(15)12(17)5-13(10)19-9-2-7(6-18)1-8(16)3-9/h1-6H. The van der Waals surface area contributed by atoms with Gasteiger partial charge in [-0.1, -0.05) is 11.6 Å². The molecule has 0 saturated heterocycles. The van der Waals surface area contributed by atoms with Crippen molar-refractivity contribution < 1.29 is 18.3 Å². The van der Waals surface area contributed by atoms with Gasteiger partial charge in [0.1, 0.15) is 29.4 Å². The van der Waals surface area contributed by atoms with E-state index in [-0.39, 0.29) is 22.1 Å². The summed E-state index contributed by atoms with van der Waals surface area (Å²) >= 11 is 8.75. The van der Waals surface area contributed by atoms with Crippen molar-refractivity contribution in [3.05, 3.63) is 57.0 Å². The second-order valence-corrected chi connectivity index (χ2v) is 4.90. The molecule has 0 fully saturated rings. The van der Waals surface area contributed by atoms with Crippen molar-refractivity contribution in [2.24, 2.45) is 0 Å². The molecule has 19 heavy (non-hydrogen) atoms. The molecule has 0 aromatic heterocycles. The van der Waals surface area contributed by atoms with Crippen LogP contribution >= 0.6 is 27.5 Å². The summed E-state index contributed by atoms with van der Waals surface area (Å²) < 4.78 is 32.3. The highest BCUT2D eigenvalue weighted by Gasteiger charge is 2.10. The Balaban J connectivity index is 2.38. The van der Waals surface area contributed by atoms with Gasteiger partial charge in [-0.3, -0.25) is 4.79 Å². The van der Waals surface area contributed by atoms with Gasteiger partial charge in [-0.15, -0.1) is 0 Å².